The van der Waals surface area contributed by atoms with E-state index in [0.717, 1.165) is 35.9 Å². The van der Waals surface area contributed by atoms with Gasteiger partial charge in [0.25, 0.3) is 5.91 Å². The molecule has 4 rings (SSSR count). The number of benzene rings is 2. The number of hydrogen-bond acceptors (Lipinski definition) is 3. The number of halogens is 3. The number of aryl methyl sites for hydroxylation is 1. The normalized spacial score (nSPS) is 12.3. The summed E-state index contributed by atoms with van der Waals surface area (Å²) in [7, 11) is 0. The first-order chi connectivity index (χ1) is 15.1. The van der Waals surface area contributed by atoms with Crippen LogP contribution in [0.3, 0.4) is 0 Å². The van der Waals surface area contributed by atoms with E-state index in [1.165, 1.54) is 6.07 Å². The molecule has 0 atom stereocenters. The van der Waals surface area contributed by atoms with Crippen LogP contribution in [0.4, 0.5) is 13.2 Å². The molecule has 1 N–H and O–H groups in total. The smallest absolute Gasteiger partial charge is 0.348 e. The predicted molar refractivity (Wildman–Crippen MR) is 118 cm³/mol. The highest BCUT2D eigenvalue weighted by molar-refractivity contribution is 5.98. The Hall–Kier alpha value is -3.48. The van der Waals surface area contributed by atoms with E-state index in [9.17, 15) is 18.0 Å². The third-order valence-corrected chi connectivity index (χ3v) is 5.73. The molecule has 164 valence electrons. The zero-order chi connectivity index (χ0) is 23.1. The summed E-state index contributed by atoms with van der Waals surface area (Å²) < 4.78 is 40.0. The molecule has 0 saturated carbocycles. The molecule has 4 aromatic rings. The van der Waals surface area contributed by atoms with Crippen molar-refractivity contribution in [3.05, 3.63) is 83.2 Å². The largest absolute Gasteiger partial charge is 0.399 e. The van der Waals surface area contributed by atoms with Crippen molar-refractivity contribution in [3.8, 4) is 0 Å². The summed E-state index contributed by atoms with van der Waals surface area (Å²) in [5.41, 5.74) is 1.61. The van der Waals surface area contributed by atoms with Gasteiger partial charge in [0.1, 0.15) is 5.41 Å². The molecular weight excluding hydrogens is 415 g/mol. The lowest BCUT2D eigenvalue weighted by atomic mass is 9.87. The maximum atomic E-state index is 13.3. The topological polar surface area (TPSA) is 54.9 Å². The fourth-order valence-corrected chi connectivity index (χ4v) is 3.51. The second-order valence-corrected chi connectivity index (χ2v) is 8.40. The second-order valence-electron chi connectivity index (χ2n) is 8.40. The van der Waals surface area contributed by atoms with Gasteiger partial charge in [-0.3, -0.25) is 14.8 Å². The molecule has 4 nitrogen and oxygen atoms in total. The van der Waals surface area contributed by atoms with Crippen molar-refractivity contribution in [2.75, 3.05) is 0 Å². The van der Waals surface area contributed by atoms with Gasteiger partial charge in [-0.25, -0.2) is 0 Å². The van der Waals surface area contributed by atoms with Gasteiger partial charge in [0.15, 0.2) is 0 Å². The summed E-state index contributed by atoms with van der Waals surface area (Å²) in [6, 6.07) is 15.6. The van der Waals surface area contributed by atoms with E-state index in [1.54, 1.807) is 30.5 Å². The van der Waals surface area contributed by atoms with E-state index >= 15 is 0 Å². The fourth-order valence-electron chi connectivity index (χ4n) is 3.51. The number of hydrogen-bond donors (Lipinski definition) is 1. The molecule has 1 amide bonds. The van der Waals surface area contributed by atoms with Crippen molar-refractivity contribution in [3.63, 3.8) is 0 Å². The Labute approximate surface area is 183 Å². The Morgan fingerprint density at radius 3 is 2.47 bits per heavy atom. The standard InChI is InChI=1S/C25H22F3N3O/c1-15-4-7-21-19(12-15)18(10-11-29-21)14-30-23(32)17-5-8-20-16(13-17)6-9-22(31-20)24(2,3)25(26,27)28/h4-13H,14H2,1-3H3,(H,30,32). The Balaban J connectivity index is 1.56. The van der Waals surface area contributed by atoms with Crippen LogP contribution in [0.1, 0.15) is 41.0 Å². The number of nitrogens with zero attached hydrogens (tertiary/aromatic N) is 2. The molecule has 0 radical (unpaired) electrons. The zero-order valence-electron chi connectivity index (χ0n) is 17.9. The van der Waals surface area contributed by atoms with Crippen molar-refractivity contribution in [2.24, 2.45) is 0 Å². The van der Waals surface area contributed by atoms with Crippen LogP contribution in [0.15, 0.2) is 60.8 Å². The Kier molecular flexibility index (Phi) is 5.36. The van der Waals surface area contributed by atoms with Gasteiger partial charge >= 0.3 is 6.18 Å². The number of rotatable bonds is 4. The van der Waals surface area contributed by atoms with Crippen molar-refractivity contribution < 1.29 is 18.0 Å². The lowest BCUT2D eigenvalue weighted by Gasteiger charge is -2.27. The van der Waals surface area contributed by atoms with E-state index < -0.39 is 11.6 Å². The molecule has 2 heterocycles. The molecule has 2 aromatic heterocycles. The van der Waals surface area contributed by atoms with Gasteiger partial charge in [-0.2, -0.15) is 13.2 Å². The summed E-state index contributed by atoms with van der Waals surface area (Å²) >= 11 is 0. The minimum absolute atomic E-state index is 0.0606. The Bertz CT molecular complexity index is 1330. The average Bonchev–Trinajstić information content (AvgIpc) is 2.75. The number of amides is 1. The lowest BCUT2D eigenvalue weighted by Crippen LogP contribution is -2.37. The molecule has 2 aromatic carbocycles. The average molecular weight is 437 g/mol. The quantitative estimate of drug-likeness (QED) is 0.435. The van der Waals surface area contributed by atoms with Crippen molar-refractivity contribution >= 4 is 27.7 Å². The van der Waals surface area contributed by atoms with E-state index in [1.807, 2.05) is 31.2 Å². The van der Waals surface area contributed by atoms with Gasteiger partial charge in [0.2, 0.25) is 0 Å². The number of pyridine rings is 2. The van der Waals surface area contributed by atoms with Crippen LogP contribution in [-0.4, -0.2) is 22.1 Å². The van der Waals surface area contributed by atoms with Gasteiger partial charge in [0.05, 0.1) is 16.7 Å². The van der Waals surface area contributed by atoms with Gasteiger partial charge in [-0.1, -0.05) is 17.7 Å². The third-order valence-electron chi connectivity index (χ3n) is 5.73. The maximum absolute atomic E-state index is 13.3. The van der Waals surface area contributed by atoms with Gasteiger partial charge in [-0.15, -0.1) is 0 Å². The third kappa shape index (κ3) is 4.02. The number of carbonyl (C=O) groups is 1. The fraction of sp³-hybridized carbons (Fsp3) is 0.240. The molecule has 0 spiro atoms. The molecule has 0 aliphatic heterocycles. The number of aromatic nitrogens is 2. The molecule has 0 unspecified atom stereocenters. The zero-order valence-corrected chi connectivity index (χ0v) is 17.9. The van der Waals surface area contributed by atoms with E-state index in [2.05, 4.69) is 15.3 Å². The Morgan fingerprint density at radius 1 is 0.969 bits per heavy atom. The monoisotopic (exact) mass is 437 g/mol. The first-order valence-electron chi connectivity index (χ1n) is 10.2. The highest BCUT2D eigenvalue weighted by Gasteiger charge is 2.49. The molecule has 0 aliphatic carbocycles. The number of fused-ring (bicyclic) bond motifs is 2. The van der Waals surface area contributed by atoms with E-state index in [4.69, 9.17) is 0 Å². The summed E-state index contributed by atoms with van der Waals surface area (Å²) in [4.78, 5) is 21.3. The summed E-state index contributed by atoms with van der Waals surface area (Å²) in [5.74, 6) is -0.274. The summed E-state index contributed by atoms with van der Waals surface area (Å²) in [6.07, 6.45) is -2.70. The minimum atomic E-state index is -4.41. The van der Waals surface area contributed by atoms with Crippen molar-refractivity contribution in [2.45, 2.75) is 38.9 Å². The van der Waals surface area contributed by atoms with Crippen LogP contribution in [0, 0.1) is 6.92 Å². The number of alkyl halides is 3. The van der Waals surface area contributed by atoms with Crippen LogP contribution >= 0.6 is 0 Å². The molecule has 0 saturated heterocycles. The van der Waals surface area contributed by atoms with Crippen molar-refractivity contribution in [1.82, 2.24) is 15.3 Å². The molecule has 32 heavy (non-hydrogen) atoms. The molecular formula is C25H22F3N3O. The molecule has 0 aliphatic rings. The lowest BCUT2D eigenvalue weighted by molar-refractivity contribution is -0.181. The van der Waals surface area contributed by atoms with Crippen LogP contribution in [0.2, 0.25) is 0 Å². The van der Waals surface area contributed by atoms with E-state index in [-0.39, 0.29) is 11.6 Å². The summed E-state index contributed by atoms with van der Waals surface area (Å²) in [5, 5.41) is 4.49. The highest BCUT2D eigenvalue weighted by Crippen LogP contribution is 2.39. The minimum Gasteiger partial charge on any atom is -0.348 e. The first-order valence-corrected chi connectivity index (χ1v) is 10.2. The molecule has 0 bridgehead atoms. The number of carbonyl (C=O) groups excluding carboxylic acids is 1. The maximum Gasteiger partial charge on any atom is 0.399 e. The molecule has 0 fully saturated rings. The van der Waals surface area contributed by atoms with Crippen LogP contribution in [-0.2, 0) is 12.0 Å². The first kappa shape index (κ1) is 21.7. The summed E-state index contributed by atoms with van der Waals surface area (Å²) in [6.45, 7) is 4.54. The predicted octanol–water partition coefficient (Wildman–Crippen LogP) is 5.86. The van der Waals surface area contributed by atoms with Crippen LogP contribution in [0.25, 0.3) is 21.8 Å². The van der Waals surface area contributed by atoms with Crippen molar-refractivity contribution in [1.29, 1.82) is 0 Å². The number of nitrogens with one attached hydrogen (secondary N) is 1. The van der Waals surface area contributed by atoms with Crippen LogP contribution in [0.5, 0.6) is 0 Å². The van der Waals surface area contributed by atoms with E-state index in [0.29, 0.717) is 23.0 Å². The SMILES string of the molecule is Cc1ccc2nccc(CNC(=O)c3ccc4nc(C(C)(C)C(F)(F)F)ccc4c3)c2c1. The molecule has 7 heteroatoms. The van der Waals surface area contributed by atoms with Gasteiger partial charge in [-0.05, 0) is 68.8 Å². The highest BCUT2D eigenvalue weighted by atomic mass is 19.4. The Morgan fingerprint density at radius 2 is 1.72 bits per heavy atom. The second kappa shape index (κ2) is 7.89. The van der Waals surface area contributed by atoms with Crippen LogP contribution < -0.4 is 5.32 Å². The van der Waals surface area contributed by atoms with Gasteiger partial charge < -0.3 is 5.32 Å². The van der Waals surface area contributed by atoms with Gasteiger partial charge in [0, 0.05) is 29.1 Å².